The van der Waals surface area contributed by atoms with Crippen molar-refractivity contribution in [3.05, 3.63) is 65.2 Å². The smallest absolute Gasteiger partial charge is 0.337 e. The molecule has 1 aliphatic rings. The van der Waals surface area contributed by atoms with E-state index in [4.69, 9.17) is 14.6 Å². The number of nitrogens with zero attached hydrogens (tertiary/aromatic N) is 2. The van der Waals surface area contributed by atoms with Crippen LogP contribution in [0.2, 0.25) is 0 Å². The molecule has 0 bridgehead atoms. The van der Waals surface area contributed by atoms with Crippen molar-refractivity contribution in [3.63, 3.8) is 0 Å². The summed E-state index contributed by atoms with van der Waals surface area (Å²) in [6.45, 7) is 4.88. The van der Waals surface area contributed by atoms with Gasteiger partial charge in [0.25, 0.3) is 0 Å². The van der Waals surface area contributed by atoms with Gasteiger partial charge in [0.05, 0.1) is 18.9 Å². The average molecular weight is 380 g/mol. The van der Waals surface area contributed by atoms with Crippen LogP contribution >= 0.6 is 0 Å². The summed E-state index contributed by atoms with van der Waals surface area (Å²) in [5.74, 6) is 0.454. The molecule has 0 amide bonds. The standard InChI is InChI=1S/C23H28N2O3/c1-17-7-6-8-18(2)25(17)24-15-21-9-4-5-10-22(21)28-16-19-11-13-20(14-12-19)23(26)27-3/h4-5,9-15,17-18H,6-8,16H2,1-3H3. The first-order valence-corrected chi connectivity index (χ1v) is 9.80. The summed E-state index contributed by atoms with van der Waals surface area (Å²) in [4.78, 5) is 11.5. The van der Waals surface area contributed by atoms with Crippen molar-refractivity contribution in [2.45, 2.75) is 51.8 Å². The Morgan fingerprint density at radius 2 is 1.79 bits per heavy atom. The zero-order valence-electron chi connectivity index (χ0n) is 16.8. The maximum Gasteiger partial charge on any atom is 0.337 e. The Hall–Kier alpha value is -2.82. The average Bonchev–Trinajstić information content (AvgIpc) is 2.72. The van der Waals surface area contributed by atoms with Crippen LogP contribution in [-0.4, -0.2) is 36.4 Å². The Morgan fingerprint density at radius 3 is 2.46 bits per heavy atom. The monoisotopic (exact) mass is 380 g/mol. The zero-order valence-corrected chi connectivity index (χ0v) is 16.8. The van der Waals surface area contributed by atoms with Crippen LogP contribution in [0.3, 0.4) is 0 Å². The van der Waals surface area contributed by atoms with Crippen LogP contribution in [0, 0.1) is 0 Å². The van der Waals surface area contributed by atoms with E-state index in [1.807, 2.05) is 42.6 Å². The molecule has 2 aromatic rings. The second-order valence-corrected chi connectivity index (χ2v) is 7.27. The molecule has 1 aliphatic heterocycles. The Morgan fingerprint density at radius 1 is 1.11 bits per heavy atom. The van der Waals surface area contributed by atoms with E-state index in [0.29, 0.717) is 24.3 Å². The quantitative estimate of drug-likeness (QED) is 0.541. The molecule has 28 heavy (non-hydrogen) atoms. The van der Waals surface area contributed by atoms with Crippen LogP contribution in [0.1, 0.15) is 54.6 Å². The number of rotatable bonds is 6. The van der Waals surface area contributed by atoms with E-state index < -0.39 is 0 Å². The Kier molecular flexibility index (Phi) is 6.69. The number of hydrazone groups is 1. The topological polar surface area (TPSA) is 51.1 Å². The van der Waals surface area contributed by atoms with Crippen LogP contribution in [-0.2, 0) is 11.3 Å². The molecule has 0 N–H and O–H groups in total. The van der Waals surface area contributed by atoms with Gasteiger partial charge < -0.3 is 9.47 Å². The molecular formula is C23H28N2O3. The summed E-state index contributed by atoms with van der Waals surface area (Å²) in [5, 5.41) is 6.95. The molecule has 1 heterocycles. The van der Waals surface area contributed by atoms with Gasteiger partial charge in [0.1, 0.15) is 12.4 Å². The van der Waals surface area contributed by atoms with Crippen LogP contribution in [0.25, 0.3) is 0 Å². The highest BCUT2D eigenvalue weighted by Crippen LogP contribution is 2.23. The third-order valence-electron chi connectivity index (χ3n) is 5.17. The lowest BCUT2D eigenvalue weighted by molar-refractivity contribution is 0.0600. The van der Waals surface area contributed by atoms with E-state index in [-0.39, 0.29) is 5.97 Å². The largest absolute Gasteiger partial charge is 0.488 e. The van der Waals surface area contributed by atoms with Crippen LogP contribution < -0.4 is 4.74 Å². The molecule has 5 heteroatoms. The van der Waals surface area contributed by atoms with Gasteiger partial charge in [0, 0.05) is 17.6 Å². The normalized spacial score (nSPS) is 19.6. The number of carbonyl (C=O) groups excluding carboxylic acids is 1. The number of carbonyl (C=O) groups is 1. The number of methoxy groups -OCH3 is 1. The van der Waals surface area contributed by atoms with Gasteiger partial charge in [-0.15, -0.1) is 0 Å². The minimum Gasteiger partial charge on any atom is -0.488 e. The van der Waals surface area contributed by atoms with E-state index in [2.05, 4.69) is 18.9 Å². The maximum atomic E-state index is 11.5. The first kappa shape index (κ1) is 19.9. The molecule has 3 rings (SSSR count). The second kappa shape index (κ2) is 9.40. The van der Waals surface area contributed by atoms with Crippen molar-refractivity contribution < 1.29 is 14.3 Å². The molecule has 2 aromatic carbocycles. The number of ether oxygens (including phenoxy) is 2. The van der Waals surface area contributed by atoms with E-state index in [9.17, 15) is 4.79 Å². The zero-order chi connectivity index (χ0) is 19.9. The number of hydrogen-bond acceptors (Lipinski definition) is 5. The first-order chi connectivity index (χ1) is 13.6. The van der Waals surface area contributed by atoms with Gasteiger partial charge in [-0.3, -0.25) is 5.01 Å². The van der Waals surface area contributed by atoms with Crippen molar-refractivity contribution in [2.24, 2.45) is 5.10 Å². The SMILES string of the molecule is COC(=O)c1ccc(COc2ccccc2C=NN2C(C)CCCC2C)cc1. The first-order valence-electron chi connectivity index (χ1n) is 9.80. The van der Waals surface area contributed by atoms with Gasteiger partial charge in [-0.2, -0.15) is 5.10 Å². The summed E-state index contributed by atoms with van der Waals surface area (Å²) in [7, 11) is 1.38. The molecule has 0 saturated carbocycles. The second-order valence-electron chi connectivity index (χ2n) is 7.27. The van der Waals surface area contributed by atoms with Crippen molar-refractivity contribution in [1.82, 2.24) is 5.01 Å². The summed E-state index contributed by atoms with van der Waals surface area (Å²) >= 11 is 0. The van der Waals surface area contributed by atoms with Gasteiger partial charge >= 0.3 is 5.97 Å². The third kappa shape index (κ3) is 4.91. The maximum absolute atomic E-state index is 11.5. The lowest BCUT2D eigenvalue weighted by atomic mass is 10.00. The number of para-hydroxylation sites is 1. The summed E-state index contributed by atoms with van der Waals surface area (Å²) in [6.07, 6.45) is 5.53. The molecule has 0 aromatic heterocycles. The van der Waals surface area contributed by atoms with Gasteiger partial charge in [-0.05, 0) is 62.9 Å². The highest BCUT2D eigenvalue weighted by atomic mass is 16.5. The number of hydrogen-bond donors (Lipinski definition) is 0. The molecule has 1 fully saturated rings. The molecule has 148 valence electrons. The Labute approximate surface area is 167 Å². The molecule has 1 saturated heterocycles. The number of esters is 1. The van der Waals surface area contributed by atoms with E-state index in [1.54, 1.807) is 12.1 Å². The van der Waals surface area contributed by atoms with Crippen molar-refractivity contribution in [1.29, 1.82) is 0 Å². The molecular weight excluding hydrogens is 352 g/mol. The minimum atomic E-state index is -0.338. The van der Waals surface area contributed by atoms with Gasteiger partial charge in [-0.1, -0.05) is 24.3 Å². The minimum absolute atomic E-state index is 0.338. The molecule has 0 radical (unpaired) electrons. The fraction of sp³-hybridized carbons (Fsp3) is 0.391. The predicted molar refractivity (Wildman–Crippen MR) is 111 cm³/mol. The van der Waals surface area contributed by atoms with Gasteiger partial charge in [0.2, 0.25) is 0 Å². The van der Waals surface area contributed by atoms with Crippen LogP contribution in [0.4, 0.5) is 0 Å². The predicted octanol–water partition coefficient (Wildman–Crippen LogP) is 4.65. The molecule has 2 unspecified atom stereocenters. The third-order valence-corrected chi connectivity index (χ3v) is 5.17. The van der Waals surface area contributed by atoms with E-state index in [0.717, 1.165) is 16.9 Å². The Balaban J connectivity index is 1.67. The van der Waals surface area contributed by atoms with Crippen LogP contribution in [0.5, 0.6) is 5.75 Å². The fourth-order valence-corrected chi connectivity index (χ4v) is 3.50. The number of benzene rings is 2. The van der Waals surface area contributed by atoms with Crippen molar-refractivity contribution in [3.8, 4) is 5.75 Å². The highest BCUT2D eigenvalue weighted by molar-refractivity contribution is 5.89. The molecule has 2 atom stereocenters. The summed E-state index contributed by atoms with van der Waals surface area (Å²) in [5.41, 5.74) is 2.47. The molecule has 0 aliphatic carbocycles. The van der Waals surface area contributed by atoms with Crippen molar-refractivity contribution >= 4 is 12.2 Å². The highest BCUT2D eigenvalue weighted by Gasteiger charge is 2.22. The lowest BCUT2D eigenvalue weighted by Crippen LogP contribution is -2.39. The molecule has 5 nitrogen and oxygen atoms in total. The van der Waals surface area contributed by atoms with E-state index in [1.165, 1.54) is 26.4 Å². The van der Waals surface area contributed by atoms with Crippen molar-refractivity contribution in [2.75, 3.05) is 7.11 Å². The summed E-state index contributed by atoms with van der Waals surface area (Å²) < 4.78 is 10.7. The molecule has 0 spiro atoms. The van der Waals surface area contributed by atoms with Crippen LogP contribution in [0.15, 0.2) is 53.6 Å². The Bertz CT molecular complexity index is 807. The van der Waals surface area contributed by atoms with Gasteiger partial charge in [-0.25, -0.2) is 4.79 Å². The number of piperidine rings is 1. The van der Waals surface area contributed by atoms with Gasteiger partial charge in [0.15, 0.2) is 0 Å². The fourth-order valence-electron chi connectivity index (χ4n) is 3.50. The lowest BCUT2D eigenvalue weighted by Gasteiger charge is -2.36. The van der Waals surface area contributed by atoms with E-state index >= 15 is 0 Å². The summed E-state index contributed by atoms with van der Waals surface area (Å²) in [6, 6.07) is 16.1.